The Balaban J connectivity index is 0.000000845. The molecular weight excluding hydrogens is 318 g/mol. The van der Waals surface area contributed by atoms with Crippen LogP contribution in [0.25, 0.3) is 0 Å². The molecule has 0 atom stereocenters. The van der Waals surface area contributed by atoms with Gasteiger partial charge in [-0.25, -0.2) is 4.98 Å². The fraction of sp³-hybridized carbons (Fsp3) is 0.316. The molecule has 1 aromatic heterocycles. The van der Waals surface area contributed by atoms with Crippen molar-refractivity contribution in [3.8, 4) is 5.75 Å². The van der Waals surface area contributed by atoms with Crippen LogP contribution in [0, 0.1) is 0 Å². The molecule has 0 saturated heterocycles. The number of ether oxygens (including phenoxy) is 1. The maximum absolute atomic E-state index is 9.00. The average molecular weight is 345 g/mol. The van der Waals surface area contributed by atoms with E-state index in [4.69, 9.17) is 14.6 Å². The molecule has 0 spiro atoms. The van der Waals surface area contributed by atoms with Gasteiger partial charge < -0.3 is 9.84 Å². The number of carbonyl (C=O) groups is 1. The number of benzene rings is 1. The Bertz CT molecular complexity index is 637. The highest BCUT2D eigenvalue weighted by Gasteiger charge is 2.02. The van der Waals surface area contributed by atoms with E-state index in [0.29, 0.717) is 0 Å². The second kappa shape index (κ2) is 12.5. The van der Waals surface area contributed by atoms with Crippen LogP contribution in [-0.2, 0) is 4.79 Å². The van der Waals surface area contributed by atoms with E-state index < -0.39 is 5.97 Å². The molecule has 25 heavy (non-hydrogen) atoms. The number of nitrogens with zero attached hydrogens (tertiary/aromatic N) is 3. The van der Waals surface area contributed by atoms with Crippen LogP contribution in [0.2, 0.25) is 0 Å². The van der Waals surface area contributed by atoms with Crippen LogP contribution in [-0.4, -0.2) is 35.9 Å². The fourth-order valence-corrected chi connectivity index (χ4v) is 1.71. The molecule has 0 bridgehead atoms. The molecular formula is C19H27N3O3. The van der Waals surface area contributed by atoms with Gasteiger partial charge in [0.05, 0.1) is 12.8 Å². The Kier molecular flexibility index (Phi) is 11.1. The van der Waals surface area contributed by atoms with Crippen LogP contribution in [0.15, 0.2) is 53.8 Å². The van der Waals surface area contributed by atoms with Crippen LogP contribution in [0.4, 0.5) is 5.82 Å². The Morgan fingerprint density at radius 3 is 2.12 bits per heavy atom. The number of aliphatic carboxylic acids is 1. The lowest BCUT2D eigenvalue weighted by molar-refractivity contribution is -0.134. The zero-order valence-electron chi connectivity index (χ0n) is 15.7. The van der Waals surface area contributed by atoms with E-state index in [9.17, 15) is 0 Å². The van der Waals surface area contributed by atoms with E-state index in [1.165, 1.54) is 0 Å². The summed E-state index contributed by atoms with van der Waals surface area (Å²) in [6.45, 7) is 7.06. The zero-order chi connectivity index (χ0) is 19.2. The monoisotopic (exact) mass is 345 g/mol. The fourth-order valence-electron chi connectivity index (χ4n) is 1.71. The minimum atomic E-state index is -0.833. The number of carboxylic acids is 1. The van der Waals surface area contributed by atoms with Crippen LogP contribution < -0.4 is 9.75 Å². The maximum Gasteiger partial charge on any atom is 0.300 e. The molecule has 2 aromatic rings. The highest BCUT2D eigenvalue weighted by atomic mass is 16.5. The predicted molar refractivity (Wildman–Crippen MR) is 103 cm³/mol. The van der Waals surface area contributed by atoms with Crippen molar-refractivity contribution < 1.29 is 14.6 Å². The normalized spacial score (nSPS) is 9.76. The van der Waals surface area contributed by atoms with E-state index >= 15 is 0 Å². The Morgan fingerprint density at radius 2 is 1.68 bits per heavy atom. The van der Waals surface area contributed by atoms with Crippen molar-refractivity contribution in [2.75, 3.05) is 19.2 Å². The maximum atomic E-state index is 9.00. The van der Waals surface area contributed by atoms with E-state index in [1.54, 1.807) is 18.3 Å². The second-order valence-corrected chi connectivity index (χ2v) is 4.64. The molecule has 0 aliphatic carbocycles. The summed E-state index contributed by atoms with van der Waals surface area (Å²) >= 11 is 0. The van der Waals surface area contributed by atoms with Crippen LogP contribution >= 0.6 is 0 Å². The smallest absolute Gasteiger partial charge is 0.300 e. The predicted octanol–water partition coefficient (Wildman–Crippen LogP) is 4.07. The summed E-state index contributed by atoms with van der Waals surface area (Å²) in [6, 6.07) is 13.6. The molecule has 1 aromatic carbocycles. The number of hydrazone groups is 1. The Labute approximate surface area is 149 Å². The number of methoxy groups -OCH3 is 1. The first kappa shape index (κ1) is 22.1. The van der Waals surface area contributed by atoms with Gasteiger partial charge in [-0.3, -0.25) is 9.80 Å². The summed E-state index contributed by atoms with van der Waals surface area (Å²) in [7, 11) is 3.54. The van der Waals surface area contributed by atoms with Crippen molar-refractivity contribution in [2.24, 2.45) is 5.10 Å². The summed E-state index contributed by atoms with van der Waals surface area (Å²) in [5.74, 6) is 0.824. The van der Waals surface area contributed by atoms with Gasteiger partial charge in [-0.1, -0.05) is 19.9 Å². The van der Waals surface area contributed by atoms with E-state index in [-0.39, 0.29) is 0 Å². The van der Waals surface area contributed by atoms with E-state index in [0.717, 1.165) is 29.8 Å². The quantitative estimate of drug-likeness (QED) is 0.668. The molecule has 136 valence electrons. The molecule has 0 saturated carbocycles. The van der Waals surface area contributed by atoms with Crippen LogP contribution in [0.3, 0.4) is 0 Å². The first-order valence-electron chi connectivity index (χ1n) is 7.98. The van der Waals surface area contributed by atoms with E-state index in [2.05, 4.69) is 10.1 Å². The topological polar surface area (TPSA) is 75.0 Å². The van der Waals surface area contributed by atoms with E-state index in [1.807, 2.05) is 70.3 Å². The first-order valence-corrected chi connectivity index (χ1v) is 7.98. The van der Waals surface area contributed by atoms with Crippen LogP contribution in [0.5, 0.6) is 5.75 Å². The molecule has 0 aliphatic rings. The number of hydrogen-bond donors (Lipinski definition) is 1. The highest BCUT2D eigenvalue weighted by Crippen LogP contribution is 2.13. The molecule has 6 nitrogen and oxygen atoms in total. The minimum absolute atomic E-state index is 0.815. The third kappa shape index (κ3) is 9.10. The Morgan fingerprint density at radius 1 is 1.12 bits per heavy atom. The Hall–Kier alpha value is -2.89. The highest BCUT2D eigenvalue weighted by molar-refractivity contribution is 5.99. The lowest BCUT2D eigenvalue weighted by Gasteiger charge is -2.13. The number of hydrogen-bond acceptors (Lipinski definition) is 5. The summed E-state index contributed by atoms with van der Waals surface area (Å²) < 4.78 is 5.14. The van der Waals surface area contributed by atoms with Crippen LogP contribution in [0.1, 0.15) is 33.3 Å². The van der Waals surface area contributed by atoms with Crippen molar-refractivity contribution in [3.05, 3.63) is 54.2 Å². The molecule has 0 radical (unpaired) electrons. The molecule has 0 unspecified atom stereocenters. The largest absolute Gasteiger partial charge is 0.497 e. The second-order valence-electron chi connectivity index (χ2n) is 4.64. The van der Waals surface area contributed by atoms with Crippen molar-refractivity contribution in [3.63, 3.8) is 0 Å². The number of pyridine rings is 1. The summed E-state index contributed by atoms with van der Waals surface area (Å²) in [4.78, 5) is 13.3. The third-order valence-electron chi connectivity index (χ3n) is 2.79. The molecule has 0 amide bonds. The van der Waals surface area contributed by atoms with Gasteiger partial charge in [0.2, 0.25) is 0 Å². The van der Waals surface area contributed by atoms with Gasteiger partial charge >= 0.3 is 0 Å². The summed E-state index contributed by atoms with van der Waals surface area (Å²) in [5.41, 5.74) is 1.99. The standard InChI is InChI=1S/C15H17N3O.C2H4O2.C2H6/c1-12(13-7-9-14(19-3)10-8-13)17-18(2)15-6-4-5-11-16-15;1-2(3)4;1-2/h4-11H,1-3H3;1H3,(H,3,4);1-2H3/b17-12+;;. The third-order valence-corrected chi connectivity index (χ3v) is 2.79. The SMILES string of the molecule is CC.CC(=O)O.COc1ccc(/C(C)=N/N(C)c2ccccn2)cc1. The molecule has 6 heteroatoms. The van der Waals surface area contributed by atoms with Crippen molar-refractivity contribution in [2.45, 2.75) is 27.7 Å². The van der Waals surface area contributed by atoms with Crippen molar-refractivity contribution in [1.29, 1.82) is 0 Å². The molecule has 1 heterocycles. The lowest BCUT2D eigenvalue weighted by atomic mass is 10.1. The van der Waals surface area contributed by atoms with Gasteiger partial charge in [-0.2, -0.15) is 5.10 Å². The van der Waals surface area contributed by atoms with Gasteiger partial charge in [0.1, 0.15) is 11.6 Å². The number of anilines is 1. The zero-order valence-corrected chi connectivity index (χ0v) is 15.7. The van der Waals surface area contributed by atoms with Crippen molar-refractivity contribution >= 4 is 17.5 Å². The number of rotatable bonds is 4. The summed E-state index contributed by atoms with van der Waals surface area (Å²) in [5, 5.41) is 13.7. The number of carboxylic acid groups (broad SMARTS) is 1. The molecule has 1 N–H and O–H groups in total. The average Bonchev–Trinajstić information content (AvgIpc) is 2.63. The van der Waals surface area contributed by atoms with Gasteiger partial charge in [0, 0.05) is 20.2 Å². The summed E-state index contributed by atoms with van der Waals surface area (Å²) in [6.07, 6.45) is 1.75. The molecule has 0 aliphatic heterocycles. The van der Waals surface area contributed by atoms with Gasteiger partial charge in [0.15, 0.2) is 0 Å². The lowest BCUT2D eigenvalue weighted by Crippen LogP contribution is -2.13. The van der Waals surface area contributed by atoms with Gasteiger partial charge in [-0.05, 0) is 48.9 Å². The van der Waals surface area contributed by atoms with Gasteiger partial charge in [0.25, 0.3) is 5.97 Å². The molecule has 2 rings (SSSR count). The van der Waals surface area contributed by atoms with Gasteiger partial charge in [-0.15, -0.1) is 0 Å². The number of aromatic nitrogens is 1. The first-order chi connectivity index (χ1) is 11.9. The van der Waals surface area contributed by atoms with Crippen molar-refractivity contribution in [1.82, 2.24) is 4.98 Å². The minimum Gasteiger partial charge on any atom is -0.497 e. The molecule has 0 fully saturated rings.